The molecule has 0 radical (unpaired) electrons. The molecule has 4 aliphatic rings. The van der Waals surface area contributed by atoms with Gasteiger partial charge in [-0.1, -0.05) is 57.2 Å². The summed E-state index contributed by atoms with van der Waals surface area (Å²) in [6.45, 7) is 5.13. The quantitative estimate of drug-likeness (QED) is 0.646. The molecule has 2 N–H and O–H groups in total. The van der Waals surface area contributed by atoms with E-state index in [0.717, 1.165) is 5.57 Å². The van der Waals surface area contributed by atoms with Gasteiger partial charge >= 0.3 is 5.97 Å². The van der Waals surface area contributed by atoms with Crippen LogP contribution in [0.3, 0.4) is 0 Å². The highest BCUT2D eigenvalue weighted by Crippen LogP contribution is 2.68. The van der Waals surface area contributed by atoms with Gasteiger partial charge in [0.25, 0.3) is 0 Å². The highest BCUT2D eigenvalue weighted by Gasteiger charge is 2.72. The average Bonchev–Trinajstić information content (AvgIpc) is 3.06. The van der Waals surface area contributed by atoms with E-state index in [9.17, 15) is 24.6 Å². The SMILES string of the molecule is C[C@@H]1C[C@H]2[C@@H]3C=CC4=CC(=O)C=C[C@]4(C)[C@H]3[C@@H](O)C[C@]2(C)[C@]1(OC(=O)c1ccccc1)C(=O)CO. The number of fused-ring (bicyclic) bond motifs is 5. The number of benzene rings is 1. The van der Waals surface area contributed by atoms with Gasteiger partial charge in [-0.25, -0.2) is 4.79 Å². The van der Waals surface area contributed by atoms with Gasteiger partial charge < -0.3 is 14.9 Å². The van der Waals surface area contributed by atoms with Gasteiger partial charge in [0.2, 0.25) is 5.78 Å². The molecular weight excluding hydrogens is 444 g/mol. The Bertz CT molecular complexity index is 1160. The van der Waals surface area contributed by atoms with Gasteiger partial charge in [0, 0.05) is 22.7 Å². The van der Waals surface area contributed by atoms with Crippen molar-refractivity contribution in [3.63, 3.8) is 0 Å². The maximum atomic E-state index is 13.5. The Balaban J connectivity index is 1.60. The van der Waals surface area contributed by atoms with E-state index < -0.39 is 40.9 Å². The van der Waals surface area contributed by atoms with Gasteiger partial charge in [-0.3, -0.25) is 9.59 Å². The molecule has 5 rings (SSSR count). The second kappa shape index (κ2) is 8.10. The zero-order valence-electron chi connectivity index (χ0n) is 20.3. The first kappa shape index (κ1) is 23.9. The molecular formula is C29H32O6. The van der Waals surface area contributed by atoms with Gasteiger partial charge in [0.1, 0.15) is 6.61 Å². The van der Waals surface area contributed by atoms with Gasteiger partial charge in [0.15, 0.2) is 11.4 Å². The Labute approximate surface area is 205 Å². The zero-order valence-corrected chi connectivity index (χ0v) is 20.3. The lowest BCUT2D eigenvalue weighted by Gasteiger charge is -2.58. The lowest BCUT2D eigenvalue weighted by molar-refractivity contribution is -0.179. The number of allylic oxidation sites excluding steroid dienone is 6. The van der Waals surface area contributed by atoms with Crippen molar-refractivity contribution in [2.75, 3.05) is 6.61 Å². The van der Waals surface area contributed by atoms with E-state index in [4.69, 9.17) is 4.74 Å². The normalized spacial score (nSPS) is 41.5. The summed E-state index contributed by atoms with van der Waals surface area (Å²) >= 11 is 0. The van der Waals surface area contributed by atoms with Crippen LogP contribution in [0, 0.1) is 34.5 Å². The predicted octanol–water partition coefficient (Wildman–Crippen LogP) is 3.44. The van der Waals surface area contributed by atoms with E-state index in [1.165, 1.54) is 0 Å². The Morgan fingerprint density at radius 1 is 1.14 bits per heavy atom. The third-order valence-electron chi connectivity index (χ3n) is 9.42. The molecule has 35 heavy (non-hydrogen) atoms. The smallest absolute Gasteiger partial charge is 0.339 e. The standard InChI is InChI=1S/C29H32O6/c1-17-13-22-21-10-9-19-14-20(31)11-12-27(19,2)25(21)23(32)15-28(22,3)29(17,24(33)16-30)35-26(34)18-7-5-4-6-8-18/h4-12,14,17,21-23,25,30,32H,13,15-16H2,1-3H3/t17-,21+,22+,23+,25-,27+,28+,29-/m1/s1. The monoisotopic (exact) mass is 476 g/mol. The van der Waals surface area contributed by atoms with E-state index in [1.54, 1.807) is 42.5 Å². The molecule has 2 fully saturated rings. The molecule has 6 nitrogen and oxygen atoms in total. The second-order valence-electron chi connectivity index (χ2n) is 11.1. The van der Waals surface area contributed by atoms with Gasteiger partial charge in [-0.2, -0.15) is 0 Å². The number of ketones is 2. The molecule has 6 heteroatoms. The minimum atomic E-state index is -1.56. The van der Waals surface area contributed by atoms with Crippen molar-refractivity contribution < 1.29 is 29.3 Å². The van der Waals surface area contributed by atoms with Crippen LogP contribution in [0.5, 0.6) is 0 Å². The van der Waals surface area contributed by atoms with Crippen molar-refractivity contribution in [3.8, 4) is 0 Å². The maximum absolute atomic E-state index is 13.5. The zero-order chi connectivity index (χ0) is 25.2. The summed E-state index contributed by atoms with van der Waals surface area (Å²) in [5.74, 6) is -1.88. The van der Waals surface area contributed by atoms with Gasteiger partial charge in [0.05, 0.1) is 11.7 Å². The number of hydrogen-bond donors (Lipinski definition) is 2. The summed E-state index contributed by atoms with van der Waals surface area (Å²) in [5, 5.41) is 21.6. The summed E-state index contributed by atoms with van der Waals surface area (Å²) in [6, 6.07) is 8.54. The molecule has 1 aromatic rings. The van der Waals surface area contributed by atoms with E-state index in [-0.39, 0.29) is 35.9 Å². The van der Waals surface area contributed by atoms with Gasteiger partial charge in [-0.15, -0.1) is 0 Å². The van der Waals surface area contributed by atoms with Crippen LogP contribution >= 0.6 is 0 Å². The molecule has 0 unspecified atom stereocenters. The summed E-state index contributed by atoms with van der Waals surface area (Å²) < 4.78 is 6.14. The molecule has 0 spiro atoms. The van der Waals surface area contributed by atoms with Crippen molar-refractivity contribution in [1.82, 2.24) is 0 Å². The number of ether oxygens (including phenoxy) is 1. The number of aliphatic hydroxyl groups excluding tert-OH is 2. The van der Waals surface area contributed by atoms with Crippen LogP contribution in [0.1, 0.15) is 44.0 Å². The van der Waals surface area contributed by atoms with Crippen LogP contribution in [-0.4, -0.2) is 46.1 Å². The third kappa shape index (κ3) is 3.19. The molecule has 184 valence electrons. The van der Waals surface area contributed by atoms with Crippen molar-refractivity contribution in [2.45, 2.75) is 45.3 Å². The van der Waals surface area contributed by atoms with Gasteiger partial charge in [-0.05, 0) is 54.5 Å². The number of hydrogen-bond acceptors (Lipinski definition) is 6. The number of rotatable bonds is 4. The number of aliphatic hydroxyl groups is 2. The first-order valence-corrected chi connectivity index (χ1v) is 12.3. The third-order valence-corrected chi connectivity index (χ3v) is 9.42. The fraction of sp³-hybridized carbons (Fsp3) is 0.483. The minimum absolute atomic E-state index is 0.0642. The molecule has 2 saturated carbocycles. The van der Waals surface area contributed by atoms with E-state index in [2.05, 4.69) is 13.0 Å². The van der Waals surface area contributed by atoms with Crippen LogP contribution in [0.15, 0.2) is 66.3 Å². The van der Waals surface area contributed by atoms with Crippen molar-refractivity contribution >= 4 is 17.5 Å². The number of carbonyl (C=O) groups is 3. The van der Waals surface area contributed by atoms with Crippen LogP contribution in [0.4, 0.5) is 0 Å². The van der Waals surface area contributed by atoms with Crippen LogP contribution in [0.25, 0.3) is 0 Å². The molecule has 0 heterocycles. The summed E-state index contributed by atoms with van der Waals surface area (Å²) in [5.41, 5.74) is -1.73. The maximum Gasteiger partial charge on any atom is 0.339 e. The number of esters is 1. The Morgan fingerprint density at radius 2 is 1.86 bits per heavy atom. The number of carbonyl (C=O) groups excluding carboxylic acids is 3. The molecule has 0 aromatic heterocycles. The van der Waals surface area contributed by atoms with E-state index in [0.29, 0.717) is 12.0 Å². The Morgan fingerprint density at radius 3 is 2.54 bits per heavy atom. The predicted molar refractivity (Wildman–Crippen MR) is 129 cm³/mol. The first-order chi connectivity index (χ1) is 16.6. The summed E-state index contributed by atoms with van der Waals surface area (Å²) in [7, 11) is 0. The highest BCUT2D eigenvalue weighted by atomic mass is 16.6. The molecule has 0 amide bonds. The Hall–Kier alpha value is -2.83. The van der Waals surface area contributed by atoms with E-state index >= 15 is 0 Å². The lowest BCUT2D eigenvalue weighted by Crippen LogP contribution is -2.63. The average molecular weight is 477 g/mol. The largest absolute Gasteiger partial charge is 0.446 e. The molecule has 1 aromatic carbocycles. The number of Topliss-reactive ketones (excluding diaryl/α,β-unsaturated/α-hetero) is 1. The van der Waals surface area contributed by atoms with Crippen LogP contribution in [-0.2, 0) is 14.3 Å². The molecule has 4 aliphatic carbocycles. The first-order valence-electron chi connectivity index (χ1n) is 12.3. The van der Waals surface area contributed by atoms with E-state index in [1.807, 2.05) is 26.0 Å². The summed E-state index contributed by atoms with van der Waals surface area (Å²) in [4.78, 5) is 38.7. The van der Waals surface area contributed by atoms with Crippen LogP contribution < -0.4 is 0 Å². The van der Waals surface area contributed by atoms with Crippen LogP contribution in [0.2, 0.25) is 0 Å². The highest BCUT2D eigenvalue weighted by molar-refractivity contribution is 6.01. The molecule has 0 saturated heterocycles. The fourth-order valence-corrected chi connectivity index (χ4v) is 7.87. The molecule has 0 bridgehead atoms. The lowest BCUT2D eigenvalue weighted by atomic mass is 9.47. The Kier molecular flexibility index (Phi) is 5.53. The topological polar surface area (TPSA) is 101 Å². The minimum Gasteiger partial charge on any atom is -0.446 e. The molecule has 8 atom stereocenters. The van der Waals surface area contributed by atoms with Crippen molar-refractivity contribution in [2.24, 2.45) is 34.5 Å². The van der Waals surface area contributed by atoms with Crippen molar-refractivity contribution in [1.29, 1.82) is 0 Å². The van der Waals surface area contributed by atoms with Crippen molar-refractivity contribution in [3.05, 3.63) is 71.8 Å². The fourth-order valence-electron chi connectivity index (χ4n) is 7.87. The second-order valence-corrected chi connectivity index (χ2v) is 11.1. The summed E-state index contributed by atoms with van der Waals surface area (Å²) in [6.07, 6.45) is 9.18. The molecule has 0 aliphatic heterocycles.